The van der Waals surface area contributed by atoms with Crippen LogP contribution in [0.5, 0.6) is 0 Å². The van der Waals surface area contributed by atoms with Gasteiger partial charge in [0, 0.05) is 24.4 Å². The zero-order chi connectivity index (χ0) is 16.8. The van der Waals surface area contributed by atoms with Crippen LogP contribution in [-0.4, -0.2) is 30.4 Å². The molecule has 0 bridgehead atoms. The zero-order valence-corrected chi connectivity index (χ0v) is 13.8. The number of nitrogens with zero attached hydrogens (tertiary/aromatic N) is 1. The molecule has 0 radical (unpaired) electrons. The topological polar surface area (TPSA) is 75.4 Å². The van der Waals surface area contributed by atoms with E-state index in [1.165, 1.54) is 5.56 Å². The average molecular weight is 315 g/mol. The number of amides is 2. The molecule has 1 aliphatic heterocycles. The molecule has 5 nitrogen and oxygen atoms in total. The molecule has 0 saturated carbocycles. The second-order valence-electron chi connectivity index (χ2n) is 5.77. The maximum atomic E-state index is 12.4. The third kappa shape index (κ3) is 4.20. The summed E-state index contributed by atoms with van der Waals surface area (Å²) < 4.78 is 0. The lowest BCUT2D eigenvalue weighted by atomic mass is 10.1. The van der Waals surface area contributed by atoms with Gasteiger partial charge in [0.1, 0.15) is 0 Å². The average Bonchev–Trinajstić information content (AvgIpc) is 3.01. The molecular weight excluding hydrogens is 290 g/mol. The monoisotopic (exact) mass is 315 g/mol. The first-order valence-corrected chi connectivity index (χ1v) is 8.20. The molecule has 0 unspecified atom stereocenters. The lowest BCUT2D eigenvalue weighted by Crippen LogP contribution is -2.44. The molecule has 23 heavy (non-hydrogen) atoms. The molecule has 124 valence electrons. The van der Waals surface area contributed by atoms with Crippen molar-refractivity contribution in [3.63, 3.8) is 0 Å². The SMILES string of the molecule is CC[C@@H](/C=C/C(=O)N1CCc2ccccc21)NC(=O)[C@@H](N)CC. The Balaban J connectivity index is 1.98. The van der Waals surface area contributed by atoms with E-state index in [1.807, 2.05) is 38.1 Å². The quantitative estimate of drug-likeness (QED) is 0.786. The van der Waals surface area contributed by atoms with E-state index in [-0.39, 0.29) is 17.9 Å². The number of fused-ring (bicyclic) bond motifs is 1. The molecular formula is C18H25N3O2. The van der Waals surface area contributed by atoms with Crippen LogP contribution in [0.4, 0.5) is 5.69 Å². The van der Waals surface area contributed by atoms with Gasteiger partial charge in [-0.15, -0.1) is 0 Å². The number of hydrogen-bond acceptors (Lipinski definition) is 3. The largest absolute Gasteiger partial charge is 0.349 e. The van der Waals surface area contributed by atoms with Crippen LogP contribution in [0, 0.1) is 0 Å². The minimum Gasteiger partial charge on any atom is -0.349 e. The molecule has 0 aliphatic carbocycles. The lowest BCUT2D eigenvalue weighted by Gasteiger charge is -2.17. The van der Waals surface area contributed by atoms with Gasteiger partial charge in [-0.1, -0.05) is 38.1 Å². The Bertz CT molecular complexity index is 598. The number of hydrogen-bond donors (Lipinski definition) is 2. The minimum absolute atomic E-state index is 0.0533. The van der Waals surface area contributed by atoms with Crippen molar-refractivity contribution in [1.29, 1.82) is 0 Å². The van der Waals surface area contributed by atoms with Gasteiger partial charge in [0.05, 0.1) is 6.04 Å². The summed E-state index contributed by atoms with van der Waals surface area (Å²) in [5, 5.41) is 2.86. The van der Waals surface area contributed by atoms with Crippen molar-refractivity contribution in [2.24, 2.45) is 5.73 Å². The molecule has 0 spiro atoms. The van der Waals surface area contributed by atoms with Crippen molar-refractivity contribution in [1.82, 2.24) is 5.32 Å². The van der Waals surface area contributed by atoms with E-state index < -0.39 is 6.04 Å². The third-order valence-electron chi connectivity index (χ3n) is 4.17. The molecule has 0 saturated heterocycles. The number of rotatable bonds is 6. The molecule has 2 amide bonds. The van der Waals surface area contributed by atoms with Crippen molar-refractivity contribution in [2.75, 3.05) is 11.4 Å². The van der Waals surface area contributed by atoms with E-state index in [1.54, 1.807) is 17.1 Å². The fourth-order valence-electron chi connectivity index (χ4n) is 2.62. The van der Waals surface area contributed by atoms with Gasteiger partial charge < -0.3 is 16.0 Å². The summed E-state index contributed by atoms with van der Waals surface area (Å²) in [5.74, 6) is -0.231. The van der Waals surface area contributed by atoms with Crippen LogP contribution in [-0.2, 0) is 16.0 Å². The Morgan fingerprint density at radius 3 is 2.74 bits per heavy atom. The summed E-state index contributed by atoms with van der Waals surface area (Å²) in [7, 11) is 0. The van der Waals surface area contributed by atoms with Gasteiger partial charge in [0.2, 0.25) is 5.91 Å². The van der Waals surface area contributed by atoms with Crippen molar-refractivity contribution < 1.29 is 9.59 Å². The van der Waals surface area contributed by atoms with E-state index >= 15 is 0 Å². The first-order valence-electron chi connectivity index (χ1n) is 8.20. The zero-order valence-electron chi connectivity index (χ0n) is 13.8. The molecule has 0 aromatic heterocycles. The summed E-state index contributed by atoms with van der Waals surface area (Å²) in [6.07, 6.45) is 5.49. The second-order valence-corrected chi connectivity index (χ2v) is 5.77. The normalized spacial score (nSPS) is 16.2. The second kappa shape index (κ2) is 7.92. The fourth-order valence-corrected chi connectivity index (χ4v) is 2.62. The van der Waals surface area contributed by atoms with E-state index in [9.17, 15) is 9.59 Å². The van der Waals surface area contributed by atoms with Gasteiger partial charge in [0.15, 0.2) is 0 Å². The van der Waals surface area contributed by atoms with E-state index in [0.717, 1.165) is 12.1 Å². The summed E-state index contributed by atoms with van der Waals surface area (Å²) in [6.45, 7) is 4.53. The number of anilines is 1. The maximum Gasteiger partial charge on any atom is 0.250 e. The molecule has 1 aromatic rings. The number of para-hydroxylation sites is 1. The molecule has 1 heterocycles. The molecule has 2 atom stereocenters. The van der Waals surface area contributed by atoms with Crippen LogP contribution in [0.15, 0.2) is 36.4 Å². The number of nitrogens with one attached hydrogen (secondary N) is 1. The molecule has 3 N–H and O–H groups in total. The van der Waals surface area contributed by atoms with E-state index in [2.05, 4.69) is 5.32 Å². The highest BCUT2D eigenvalue weighted by atomic mass is 16.2. The summed E-state index contributed by atoms with van der Waals surface area (Å²) >= 11 is 0. The number of nitrogens with two attached hydrogens (primary N) is 1. The molecule has 2 rings (SSSR count). The summed E-state index contributed by atoms with van der Waals surface area (Å²) in [5.41, 5.74) is 7.89. The first-order chi connectivity index (χ1) is 11.1. The number of carbonyl (C=O) groups excluding carboxylic acids is 2. The van der Waals surface area contributed by atoms with Crippen molar-refractivity contribution >= 4 is 17.5 Å². The van der Waals surface area contributed by atoms with Gasteiger partial charge in [0.25, 0.3) is 5.91 Å². The van der Waals surface area contributed by atoms with Gasteiger partial charge in [-0.05, 0) is 30.9 Å². The number of carbonyl (C=O) groups is 2. The summed E-state index contributed by atoms with van der Waals surface area (Å²) in [4.78, 5) is 26.0. The van der Waals surface area contributed by atoms with Crippen LogP contribution >= 0.6 is 0 Å². The lowest BCUT2D eigenvalue weighted by molar-refractivity contribution is -0.123. The Morgan fingerprint density at radius 2 is 2.04 bits per heavy atom. The van der Waals surface area contributed by atoms with Gasteiger partial charge in [-0.2, -0.15) is 0 Å². The molecule has 1 aromatic carbocycles. The number of benzene rings is 1. The molecule has 0 fully saturated rings. The van der Waals surface area contributed by atoms with Crippen molar-refractivity contribution in [3.8, 4) is 0 Å². The Kier molecular flexibility index (Phi) is 5.93. The smallest absolute Gasteiger partial charge is 0.250 e. The van der Waals surface area contributed by atoms with E-state index in [4.69, 9.17) is 5.73 Å². The van der Waals surface area contributed by atoms with Gasteiger partial charge >= 0.3 is 0 Å². The van der Waals surface area contributed by atoms with E-state index in [0.29, 0.717) is 19.4 Å². The molecule has 1 aliphatic rings. The molecule has 5 heteroatoms. The highest BCUT2D eigenvalue weighted by Crippen LogP contribution is 2.27. The van der Waals surface area contributed by atoms with Gasteiger partial charge in [-0.3, -0.25) is 9.59 Å². The predicted octanol–water partition coefficient (Wildman–Crippen LogP) is 1.76. The fraction of sp³-hybridized carbons (Fsp3) is 0.444. The van der Waals surface area contributed by atoms with Crippen LogP contribution in [0.1, 0.15) is 32.3 Å². The predicted molar refractivity (Wildman–Crippen MR) is 92.1 cm³/mol. The highest BCUT2D eigenvalue weighted by molar-refractivity contribution is 6.03. The maximum absolute atomic E-state index is 12.4. The van der Waals surface area contributed by atoms with Crippen LogP contribution < -0.4 is 16.0 Å². The first kappa shape index (κ1) is 17.2. The standard InChI is InChI=1S/C18H25N3O2/c1-3-14(20-18(23)15(19)4-2)9-10-17(22)21-12-11-13-7-5-6-8-16(13)21/h5-10,14-15H,3-4,11-12,19H2,1-2H3,(H,20,23)/b10-9+/t14-,15-/m0/s1. The van der Waals surface area contributed by atoms with Crippen molar-refractivity contribution in [2.45, 2.75) is 45.2 Å². The third-order valence-corrected chi connectivity index (χ3v) is 4.17. The van der Waals surface area contributed by atoms with Crippen LogP contribution in [0.3, 0.4) is 0 Å². The summed E-state index contributed by atoms with van der Waals surface area (Å²) in [6, 6.07) is 7.26. The highest BCUT2D eigenvalue weighted by Gasteiger charge is 2.22. The Hall–Kier alpha value is -2.14. The minimum atomic E-state index is -0.501. The van der Waals surface area contributed by atoms with Crippen LogP contribution in [0.25, 0.3) is 0 Å². The Labute approximate surface area is 137 Å². The Morgan fingerprint density at radius 1 is 1.30 bits per heavy atom. The van der Waals surface area contributed by atoms with Crippen LogP contribution in [0.2, 0.25) is 0 Å². The van der Waals surface area contributed by atoms with Crippen molar-refractivity contribution in [3.05, 3.63) is 42.0 Å². The van der Waals surface area contributed by atoms with Gasteiger partial charge in [-0.25, -0.2) is 0 Å².